The van der Waals surface area contributed by atoms with Crippen molar-refractivity contribution in [2.24, 2.45) is 5.10 Å². The van der Waals surface area contributed by atoms with Crippen LogP contribution in [0.15, 0.2) is 53.9 Å². The van der Waals surface area contributed by atoms with Gasteiger partial charge in [0.1, 0.15) is 6.61 Å². The first-order valence-corrected chi connectivity index (χ1v) is 7.36. The van der Waals surface area contributed by atoms with Crippen molar-refractivity contribution < 1.29 is 24.2 Å². The van der Waals surface area contributed by atoms with Gasteiger partial charge in [-0.15, -0.1) is 0 Å². The van der Waals surface area contributed by atoms with E-state index in [1.165, 1.54) is 12.4 Å². The highest BCUT2D eigenvalue weighted by atomic mass is 16.5. The van der Waals surface area contributed by atoms with Crippen molar-refractivity contribution in [3.8, 4) is 11.5 Å². The smallest absolute Gasteiger partial charge is 0.341 e. The lowest BCUT2D eigenvalue weighted by Crippen LogP contribution is -2.21. The van der Waals surface area contributed by atoms with E-state index in [1.54, 1.807) is 43.3 Å². The third-order valence-electron chi connectivity index (χ3n) is 2.93. The van der Waals surface area contributed by atoms with Crippen LogP contribution in [-0.4, -0.2) is 40.9 Å². The van der Waals surface area contributed by atoms with Crippen LogP contribution >= 0.6 is 0 Å². The number of ether oxygens (including phenoxy) is 2. The second-order valence-corrected chi connectivity index (χ2v) is 4.94. The first kappa shape index (κ1) is 17.9. The van der Waals surface area contributed by atoms with Crippen molar-refractivity contribution in [1.82, 2.24) is 10.4 Å². The van der Waals surface area contributed by atoms with Gasteiger partial charge in [-0.25, -0.2) is 10.2 Å². The lowest BCUT2D eigenvalue weighted by atomic mass is 10.3. The number of aromatic nitrogens is 1. The number of nitrogens with one attached hydrogen (secondary N) is 1. The van der Waals surface area contributed by atoms with E-state index in [-0.39, 0.29) is 12.5 Å². The fourth-order valence-electron chi connectivity index (χ4n) is 1.76. The minimum Gasteiger partial charge on any atom is -0.484 e. The summed E-state index contributed by atoms with van der Waals surface area (Å²) in [5.74, 6) is -0.726. The Morgan fingerprint density at radius 2 is 1.68 bits per heavy atom. The number of amides is 1. The number of hydrogen-bond donors (Lipinski definition) is 2. The first-order valence-electron chi connectivity index (χ1n) is 7.36. The van der Waals surface area contributed by atoms with Crippen LogP contribution in [0, 0.1) is 0 Å². The molecule has 0 spiro atoms. The molecule has 0 atom stereocenters. The average molecular weight is 343 g/mol. The molecule has 0 saturated carbocycles. The summed E-state index contributed by atoms with van der Waals surface area (Å²) in [5.41, 5.74) is 3.39. The highest BCUT2D eigenvalue weighted by Gasteiger charge is 2.07. The van der Waals surface area contributed by atoms with E-state index in [1.807, 2.05) is 0 Å². The largest absolute Gasteiger partial charge is 0.484 e. The monoisotopic (exact) mass is 343 g/mol. The molecule has 2 rings (SSSR count). The zero-order valence-corrected chi connectivity index (χ0v) is 13.5. The quantitative estimate of drug-likeness (QED) is 0.558. The van der Waals surface area contributed by atoms with Gasteiger partial charge in [0, 0.05) is 18.0 Å². The SMILES string of the molecule is C/C(COc1ccccc1OCC(=O)O)=N\NC(=O)c1ccncc1. The molecule has 8 heteroatoms. The predicted molar refractivity (Wildman–Crippen MR) is 89.9 cm³/mol. The fourth-order valence-corrected chi connectivity index (χ4v) is 1.76. The molecular weight excluding hydrogens is 326 g/mol. The number of nitrogens with zero attached hydrogens (tertiary/aromatic N) is 2. The Kier molecular flexibility index (Phi) is 6.47. The summed E-state index contributed by atoms with van der Waals surface area (Å²) in [6.45, 7) is 1.33. The molecule has 0 saturated heterocycles. The molecule has 1 amide bonds. The summed E-state index contributed by atoms with van der Waals surface area (Å²) in [7, 11) is 0. The second-order valence-electron chi connectivity index (χ2n) is 4.94. The number of pyridine rings is 1. The van der Waals surface area contributed by atoms with Crippen molar-refractivity contribution in [1.29, 1.82) is 0 Å². The van der Waals surface area contributed by atoms with Crippen LogP contribution < -0.4 is 14.9 Å². The van der Waals surface area contributed by atoms with E-state index in [4.69, 9.17) is 14.6 Å². The minimum absolute atomic E-state index is 0.101. The normalized spacial score (nSPS) is 10.8. The Morgan fingerprint density at radius 3 is 2.28 bits per heavy atom. The summed E-state index contributed by atoms with van der Waals surface area (Å²) >= 11 is 0. The summed E-state index contributed by atoms with van der Waals surface area (Å²) < 4.78 is 10.7. The molecule has 0 aliphatic heterocycles. The van der Waals surface area contributed by atoms with Crippen LogP contribution in [0.5, 0.6) is 11.5 Å². The first-order chi connectivity index (χ1) is 12.1. The number of hydrazone groups is 1. The van der Waals surface area contributed by atoms with Gasteiger partial charge < -0.3 is 14.6 Å². The zero-order valence-electron chi connectivity index (χ0n) is 13.5. The van der Waals surface area contributed by atoms with E-state index in [9.17, 15) is 9.59 Å². The molecule has 8 nitrogen and oxygen atoms in total. The van der Waals surface area contributed by atoms with Gasteiger partial charge in [0.05, 0.1) is 5.71 Å². The molecular formula is C17H17N3O5. The summed E-state index contributed by atoms with van der Waals surface area (Å²) in [4.78, 5) is 26.3. The summed E-state index contributed by atoms with van der Waals surface area (Å²) in [6.07, 6.45) is 3.03. The number of aliphatic carboxylic acids is 1. The van der Waals surface area contributed by atoms with Crippen LogP contribution in [0.4, 0.5) is 0 Å². The van der Waals surface area contributed by atoms with Crippen molar-refractivity contribution in [3.05, 3.63) is 54.4 Å². The van der Waals surface area contributed by atoms with Crippen molar-refractivity contribution in [3.63, 3.8) is 0 Å². The maximum atomic E-state index is 11.9. The minimum atomic E-state index is -1.08. The number of carbonyl (C=O) groups excluding carboxylic acids is 1. The molecule has 0 aliphatic carbocycles. The van der Waals surface area contributed by atoms with E-state index in [2.05, 4.69) is 15.5 Å². The molecule has 25 heavy (non-hydrogen) atoms. The molecule has 130 valence electrons. The van der Waals surface area contributed by atoms with Gasteiger partial charge >= 0.3 is 5.97 Å². The second kappa shape index (κ2) is 9.02. The van der Waals surface area contributed by atoms with Crippen LogP contribution in [-0.2, 0) is 4.79 Å². The van der Waals surface area contributed by atoms with Crippen LogP contribution in [0.1, 0.15) is 17.3 Å². The summed E-state index contributed by atoms with van der Waals surface area (Å²) in [5, 5.41) is 12.6. The van der Waals surface area contributed by atoms with Crippen LogP contribution in [0.25, 0.3) is 0 Å². The molecule has 2 N–H and O–H groups in total. The number of carboxylic acids is 1. The molecule has 0 radical (unpaired) electrons. The van der Waals surface area contributed by atoms with Gasteiger partial charge in [-0.2, -0.15) is 5.10 Å². The van der Waals surface area contributed by atoms with E-state index >= 15 is 0 Å². The molecule has 1 aromatic carbocycles. The molecule has 1 aromatic heterocycles. The van der Waals surface area contributed by atoms with Gasteiger partial charge in [0.15, 0.2) is 18.1 Å². The molecule has 0 unspecified atom stereocenters. The average Bonchev–Trinajstić information content (AvgIpc) is 2.64. The Morgan fingerprint density at radius 1 is 1.08 bits per heavy atom. The highest BCUT2D eigenvalue weighted by Crippen LogP contribution is 2.26. The standard InChI is InChI=1S/C17H17N3O5/c1-12(19-20-17(23)13-6-8-18-9-7-13)10-24-14-4-2-3-5-15(14)25-11-16(21)22/h2-9H,10-11H2,1H3,(H,20,23)(H,21,22)/b19-12+. The Balaban J connectivity index is 1.90. The summed E-state index contributed by atoms with van der Waals surface area (Å²) in [6, 6.07) is 9.86. The Hall–Kier alpha value is -3.42. The predicted octanol–water partition coefficient (Wildman–Crippen LogP) is 1.73. The van der Waals surface area contributed by atoms with E-state index in [0.717, 1.165) is 0 Å². The van der Waals surface area contributed by atoms with E-state index < -0.39 is 12.6 Å². The number of rotatable bonds is 8. The lowest BCUT2D eigenvalue weighted by molar-refractivity contribution is -0.139. The zero-order chi connectivity index (χ0) is 18.1. The topological polar surface area (TPSA) is 110 Å². The van der Waals surface area contributed by atoms with Gasteiger partial charge in [-0.1, -0.05) is 12.1 Å². The molecule has 0 bridgehead atoms. The Bertz CT molecular complexity index is 762. The maximum Gasteiger partial charge on any atom is 0.341 e. The number of para-hydroxylation sites is 2. The van der Waals surface area contributed by atoms with Crippen LogP contribution in [0.3, 0.4) is 0 Å². The van der Waals surface area contributed by atoms with Gasteiger partial charge in [0.2, 0.25) is 0 Å². The van der Waals surface area contributed by atoms with Gasteiger partial charge in [-0.05, 0) is 31.2 Å². The van der Waals surface area contributed by atoms with E-state index in [0.29, 0.717) is 22.8 Å². The maximum absolute atomic E-state index is 11.9. The number of carboxylic acid groups (broad SMARTS) is 1. The Labute approximate surface area is 144 Å². The molecule has 0 fully saturated rings. The molecule has 0 aliphatic rings. The van der Waals surface area contributed by atoms with Crippen molar-refractivity contribution >= 4 is 17.6 Å². The van der Waals surface area contributed by atoms with Crippen molar-refractivity contribution in [2.75, 3.05) is 13.2 Å². The number of carbonyl (C=O) groups is 2. The highest BCUT2D eigenvalue weighted by molar-refractivity contribution is 5.95. The number of benzene rings is 1. The number of hydrogen-bond acceptors (Lipinski definition) is 6. The molecule has 2 aromatic rings. The molecule has 1 heterocycles. The lowest BCUT2D eigenvalue weighted by Gasteiger charge is -2.11. The van der Waals surface area contributed by atoms with Gasteiger partial charge in [0.25, 0.3) is 5.91 Å². The third kappa shape index (κ3) is 5.94. The van der Waals surface area contributed by atoms with Crippen LogP contribution in [0.2, 0.25) is 0 Å². The fraction of sp³-hybridized carbons (Fsp3) is 0.176. The van der Waals surface area contributed by atoms with Gasteiger partial charge in [-0.3, -0.25) is 9.78 Å². The van der Waals surface area contributed by atoms with Crippen molar-refractivity contribution in [2.45, 2.75) is 6.92 Å². The third-order valence-corrected chi connectivity index (χ3v) is 2.93.